The summed E-state index contributed by atoms with van der Waals surface area (Å²) in [4.78, 5) is 2.61. The number of fused-ring (bicyclic) bond motifs is 2. The molecule has 2 heterocycles. The highest BCUT2D eigenvalue weighted by Gasteiger charge is 2.24. The number of halogens is 1. The molecule has 1 unspecified atom stereocenters. The zero-order valence-corrected chi connectivity index (χ0v) is 12.3. The predicted octanol–water partition coefficient (Wildman–Crippen LogP) is 3.63. The summed E-state index contributed by atoms with van der Waals surface area (Å²) >= 11 is 3.55. The van der Waals surface area contributed by atoms with Crippen LogP contribution in [-0.4, -0.2) is 30.6 Å². The summed E-state index contributed by atoms with van der Waals surface area (Å²) in [6.45, 7) is 3.17. The van der Waals surface area contributed by atoms with E-state index in [2.05, 4.69) is 39.0 Å². The second kappa shape index (κ2) is 5.62. The molecule has 1 saturated heterocycles. The van der Waals surface area contributed by atoms with Crippen LogP contribution in [0.1, 0.15) is 31.2 Å². The van der Waals surface area contributed by atoms with Crippen LogP contribution in [0.15, 0.2) is 22.7 Å². The Balaban J connectivity index is 1.76. The van der Waals surface area contributed by atoms with E-state index in [0.717, 1.165) is 35.8 Å². The molecule has 2 aliphatic rings. The molecule has 0 saturated carbocycles. The maximum Gasteiger partial charge on any atom is 0.122 e. The van der Waals surface area contributed by atoms with Crippen LogP contribution in [0, 0.1) is 0 Å². The molecule has 1 aromatic rings. The average Bonchev–Trinajstić information content (AvgIpc) is 2.80. The van der Waals surface area contributed by atoms with E-state index in [1.54, 1.807) is 0 Å². The van der Waals surface area contributed by atoms with Crippen molar-refractivity contribution in [3.63, 3.8) is 0 Å². The Morgan fingerprint density at radius 1 is 1.17 bits per heavy atom. The SMILES string of the molecule is Brc1ccc2c(c1)CCCC1CCCN1CCO2. The van der Waals surface area contributed by atoms with E-state index in [9.17, 15) is 0 Å². The number of benzene rings is 1. The van der Waals surface area contributed by atoms with E-state index in [0.29, 0.717) is 0 Å². The van der Waals surface area contributed by atoms with Gasteiger partial charge >= 0.3 is 0 Å². The van der Waals surface area contributed by atoms with E-state index in [4.69, 9.17) is 4.74 Å². The molecule has 0 amide bonds. The van der Waals surface area contributed by atoms with Crippen molar-refractivity contribution >= 4 is 15.9 Å². The quantitative estimate of drug-likeness (QED) is 0.725. The Morgan fingerprint density at radius 2 is 2.06 bits per heavy atom. The van der Waals surface area contributed by atoms with Crippen molar-refractivity contribution in [1.29, 1.82) is 0 Å². The number of hydrogen-bond donors (Lipinski definition) is 0. The zero-order chi connectivity index (χ0) is 12.4. The third-order valence-corrected chi connectivity index (χ3v) is 4.63. The maximum atomic E-state index is 5.96. The van der Waals surface area contributed by atoms with Gasteiger partial charge in [-0.15, -0.1) is 0 Å². The van der Waals surface area contributed by atoms with Gasteiger partial charge < -0.3 is 4.74 Å². The van der Waals surface area contributed by atoms with Crippen molar-refractivity contribution in [2.45, 2.75) is 38.1 Å². The van der Waals surface area contributed by atoms with Gasteiger partial charge in [-0.2, -0.15) is 0 Å². The number of nitrogens with zero attached hydrogens (tertiary/aromatic N) is 1. The van der Waals surface area contributed by atoms with Crippen LogP contribution in [0.5, 0.6) is 5.75 Å². The molecule has 2 aliphatic heterocycles. The molecule has 0 aromatic heterocycles. The van der Waals surface area contributed by atoms with E-state index in [-0.39, 0.29) is 0 Å². The Morgan fingerprint density at radius 3 is 3.00 bits per heavy atom. The zero-order valence-electron chi connectivity index (χ0n) is 10.7. The Labute approximate surface area is 117 Å². The molecule has 2 nitrogen and oxygen atoms in total. The molecular formula is C15H20BrNO. The van der Waals surface area contributed by atoms with E-state index >= 15 is 0 Å². The molecule has 98 valence electrons. The van der Waals surface area contributed by atoms with E-state index in [1.165, 1.54) is 37.8 Å². The molecule has 1 aromatic carbocycles. The number of rotatable bonds is 0. The molecule has 1 atom stereocenters. The summed E-state index contributed by atoms with van der Waals surface area (Å²) in [7, 11) is 0. The third-order valence-electron chi connectivity index (χ3n) is 4.14. The summed E-state index contributed by atoms with van der Waals surface area (Å²) in [5.74, 6) is 1.08. The predicted molar refractivity (Wildman–Crippen MR) is 77.2 cm³/mol. The second-order valence-electron chi connectivity index (χ2n) is 5.32. The molecule has 3 heteroatoms. The van der Waals surface area contributed by atoms with Crippen LogP contribution in [0.3, 0.4) is 0 Å². The van der Waals surface area contributed by atoms with Crippen LogP contribution in [0.4, 0.5) is 0 Å². The summed E-state index contributed by atoms with van der Waals surface area (Å²) in [5, 5.41) is 0. The smallest absolute Gasteiger partial charge is 0.122 e. The average molecular weight is 310 g/mol. The van der Waals surface area contributed by atoms with Gasteiger partial charge in [-0.25, -0.2) is 0 Å². The largest absolute Gasteiger partial charge is 0.492 e. The van der Waals surface area contributed by atoms with Crippen molar-refractivity contribution in [3.8, 4) is 5.75 Å². The van der Waals surface area contributed by atoms with Gasteiger partial charge in [-0.1, -0.05) is 15.9 Å². The minimum absolute atomic E-state index is 0.808. The van der Waals surface area contributed by atoms with Crippen molar-refractivity contribution in [2.75, 3.05) is 19.7 Å². The Hall–Kier alpha value is -0.540. The summed E-state index contributed by atoms with van der Waals surface area (Å²) in [6, 6.07) is 7.19. The van der Waals surface area contributed by atoms with Gasteiger partial charge in [0.15, 0.2) is 0 Å². The van der Waals surface area contributed by atoms with Crippen molar-refractivity contribution in [2.24, 2.45) is 0 Å². The lowest BCUT2D eigenvalue weighted by atomic mass is 10.0. The fourth-order valence-corrected chi connectivity index (χ4v) is 3.61. The van der Waals surface area contributed by atoms with E-state index < -0.39 is 0 Å². The molecule has 3 rings (SSSR count). The first-order chi connectivity index (χ1) is 8.83. The van der Waals surface area contributed by atoms with Gasteiger partial charge in [0.25, 0.3) is 0 Å². The Kier molecular flexibility index (Phi) is 3.90. The van der Waals surface area contributed by atoms with Crippen molar-refractivity contribution in [1.82, 2.24) is 4.90 Å². The highest BCUT2D eigenvalue weighted by molar-refractivity contribution is 9.10. The van der Waals surface area contributed by atoms with Crippen LogP contribution in [0.2, 0.25) is 0 Å². The molecule has 0 spiro atoms. The first kappa shape index (κ1) is 12.5. The van der Waals surface area contributed by atoms with Crippen LogP contribution < -0.4 is 4.74 Å². The topological polar surface area (TPSA) is 12.5 Å². The van der Waals surface area contributed by atoms with Crippen LogP contribution >= 0.6 is 15.9 Å². The molecule has 0 aliphatic carbocycles. The summed E-state index contributed by atoms with van der Waals surface area (Å²) in [6.07, 6.45) is 6.49. The fourth-order valence-electron chi connectivity index (χ4n) is 3.20. The minimum Gasteiger partial charge on any atom is -0.492 e. The second-order valence-corrected chi connectivity index (χ2v) is 6.24. The van der Waals surface area contributed by atoms with Gasteiger partial charge in [0.05, 0.1) is 0 Å². The van der Waals surface area contributed by atoms with Gasteiger partial charge in [-0.05, 0) is 62.4 Å². The van der Waals surface area contributed by atoms with E-state index in [1.807, 2.05) is 0 Å². The minimum atomic E-state index is 0.808. The normalized spacial score (nSPS) is 25.1. The van der Waals surface area contributed by atoms with Crippen LogP contribution in [-0.2, 0) is 6.42 Å². The Bertz CT molecular complexity index is 421. The fraction of sp³-hybridized carbons (Fsp3) is 0.600. The van der Waals surface area contributed by atoms with Crippen molar-refractivity contribution < 1.29 is 4.74 Å². The maximum absolute atomic E-state index is 5.96. The first-order valence-electron chi connectivity index (χ1n) is 6.98. The van der Waals surface area contributed by atoms with Gasteiger partial charge in [0, 0.05) is 17.1 Å². The number of aryl methyl sites for hydroxylation is 1. The lowest BCUT2D eigenvalue weighted by molar-refractivity contribution is 0.184. The lowest BCUT2D eigenvalue weighted by Gasteiger charge is -2.26. The molecule has 1 fully saturated rings. The van der Waals surface area contributed by atoms with Gasteiger partial charge in [0.2, 0.25) is 0 Å². The standard InChI is InChI=1S/C15H20BrNO/c16-13-6-7-15-12(11-13)3-1-4-14-5-2-8-17(14)9-10-18-15/h6-7,11,14H,1-5,8-10H2. The number of ether oxygens (including phenoxy) is 1. The van der Waals surface area contributed by atoms with Gasteiger partial charge in [0.1, 0.15) is 12.4 Å². The highest BCUT2D eigenvalue weighted by atomic mass is 79.9. The van der Waals surface area contributed by atoms with Crippen molar-refractivity contribution in [3.05, 3.63) is 28.2 Å². The molecule has 18 heavy (non-hydrogen) atoms. The number of hydrogen-bond acceptors (Lipinski definition) is 2. The van der Waals surface area contributed by atoms with Gasteiger partial charge in [-0.3, -0.25) is 4.90 Å². The summed E-state index contributed by atoms with van der Waals surface area (Å²) in [5.41, 5.74) is 1.36. The van der Waals surface area contributed by atoms with Crippen LogP contribution in [0.25, 0.3) is 0 Å². The summed E-state index contributed by atoms with van der Waals surface area (Å²) < 4.78 is 7.12. The molecular weight excluding hydrogens is 290 g/mol. The lowest BCUT2D eigenvalue weighted by Crippen LogP contribution is -2.33. The third kappa shape index (κ3) is 2.72. The highest BCUT2D eigenvalue weighted by Crippen LogP contribution is 2.28. The monoisotopic (exact) mass is 309 g/mol. The molecule has 0 N–H and O–H groups in total. The first-order valence-corrected chi connectivity index (χ1v) is 7.77. The molecule has 0 radical (unpaired) electrons. The molecule has 0 bridgehead atoms.